The summed E-state index contributed by atoms with van der Waals surface area (Å²) in [5.74, 6) is -5.44. The number of alkyl carbamates (subject to hydrolysis) is 1. The summed E-state index contributed by atoms with van der Waals surface area (Å²) >= 11 is 5.30. The molecule has 116 valence electrons. The lowest BCUT2D eigenvalue weighted by Crippen LogP contribution is -2.35. The second-order valence-corrected chi connectivity index (χ2v) is 4.11. The molecule has 1 aromatic rings. The highest BCUT2D eigenvalue weighted by atomic mass is 35.5. The summed E-state index contributed by atoms with van der Waals surface area (Å²) in [6.07, 6.45) is -0.719. The molecule has 1 rings (SSSR count). The summed E-state index contributed by atoms with van der Waals surface area (Å²) in [4.78, 5) is 22.5. The summed E-state index contributed by atoms with van der Waals surface area (Å²) in [5.41, 5.74) is -0.626. The molecule has 0 saturated carbocycles. The molecule has 0 aromatic heterocycles. The SMILES string of the molecule is O=C(NCCNC(=O)c1ccc(F)c(F)c1F)OCCCl. The van der Waals surface area contributed by atoms with Crippen LogP contribution in [0, 0.1) is 17.5 Å². The van der Waals surface area contributed by atoms with Gasteiger partial charge in [-0.1, -0.05) is 0 Å². The number of hydrogen-bond donors (Lipinski definition) is 2. The molecule has 0 radical (unpaired) electrons. The minimum absolute atomic E-state index is 0.0121. The van der Waals surface area contributed by atoms with E-state index in [-0.39, 0.29) is 25.6 Å². The van der Waals surface area contributed by atoms with Crippen molar-refractivity contribution in [1.82, 2.24) is 10.6 Å². The van der Waals surface area contributed by atoms with Gasteiger partial charge in [0.2, 0.25) is 0 Å². The zero-order chi connectivity index (χ0) is 15.8. The van der Waals surface area contributed by atoms with E-state index in [0.29, 0.717) is 6.07 Å². The lowest BCUT2D eigenvalue weighted by Gasteiger charge is -2.08. The summed E-state index contributed by atoms with van der Waals surface area (Å²) in [6.45, 7) is 0.00517. The number of benzene rings is 1. The van der Waals surface area contributed by atoms with Crippen molar-refractivity contribution in [3.8, 4) is 0 Å². The smallest absolute Gasteiger partial charge is 0.407 e. The first-order valence-corrected chi connectivity index (χ1v) is 6.39. The molecule has 0 atom stereocenters. The lowest BCUT2D eigenvalue weighted by molar-refractivity contribution is 0.0947. The largest absolute Gasteiger partial charge is 0.448 e. The second-order valence-electron chi connectivity index (χ2n) is 3.73. The van der Waals surface area contributed by atoms with Gasteiger partial charge in [0.25, 0.3) is 5.91 Å². The van der Waals surface area contributed by atoms with E-state index in [1.165, 1.54) is 0 Å². The second kappa shape index (κ2) is 8.35. The molecule has 2 amide bonds. The minimum Gasteiger partial charge on any atom is -0.448 e. The van der Waals surface area contributed by atoms with Gasteiger partial charge in [0.15, 0.2) is 17.5 Å². The molecular formula is C12H12ClF3N2O3. The Hall–Kier alpha value is -1.96. The maximum absolute atomic E-state index is 13.3. The van der Waals surface area contributed by atoms with Crippen LogP contribution in [0.2, 0.25) is 0 Å². The normalized spacial score (nSPS) is 10.1. The molecule has 5 nitrogen and oxygen atoms in total. The van der Waals surface area contributed by atoms with Gasteiger partial charge in [-0.2, -0.15) is 0 Å². The standard InChI is InChI=1S/C12H12ClF3N2O3/c13-3-6-21-12(20)18-5-4-17-11(19)7-1-2-8(14)10(16)9(7)15/h1-2H,3-6H2,(H,17,19)(H,18,20). The van der Waals surface area contributed by atoms with Gasteiger partial charge in [0, 0.05) is 13.1 Å². The molecule has 9 heteroatoms. The van der Waals surface area contributed by atoms with Crippen molar-refractivity contribution >= 4 is 23.6 Å². The van der Waals surface area contributed by atoms with Crippen molar-refractivity contribution in [2.45, 2.75) is 0 Å². The van der Waals surface area contributed by atoms with Gasteiger partial charge in [0.05, 0.1) is 11.4 Å². The number of carbonyl (C=O) groups is 2. The van der Waals surface area contributed by atoms with Crippen LogP contribution in [0.1, 0.15) is 10.4 Å². The number of rotatable bonds is 6. The Morgan fingerprint density at radius 2 is 1.76 bits per heavy atom. The Balaban J connectivity index is 2.41. The Labute approximate surface area is 123 Å². The van der Waals surface area contributed by atoms with Crippen LogP contribution >= 0.6 is 11.6 Å². The van der Waals surface area contributed by atoms with E-state index >= 15 is 0 Å². The van der Waals surface area contributed by atoms with Crippen LogP contribution in [0.25, 0.3) is 0 Å². The van der Waals surface area contributed by atoms with Gasteiger partial charge in [-0.15, -0.1) is 11.6 Å². The van der Waals surface area contributed by atoms with Gasteiger partial charge in [0.1, 0.15) is 6.61 Å². The summed E-state index contributed by atoms with van der Waals surface area (Å²) in [7, 11) is 0. The Morgan fingerprint density at radius 3 is 2.43 bits per heavy atom. The van der Waals surface area contributed by atoms with Gasteiger partial charge < -0.3 is 15.4 Å². The Kier molecular flexibility index (Phi) is 6.80. The van der Waals surface area contributed by atoms with Crippen molar-refractivity contribution < 1.29 is 27.5 Å². The highest BCUT2D eigenvalue weighted by Crippen LogP contribution is 2.14. The Morgan fingerprint density at radius 1 is 1.10 bits per heavy atom. The third-order valence-electron chi connectivity index (χ3n) is 2.27. The van der Waals surface area contributed by atoms with E-state index in [1.54, 1.807) is 0 Å². The van der Waals surface area contributed by atoms with Crippen LogP contribution < -0.4 is 10.6 Å². The van der Waals surface area contributed by atoms with E-state index < -0.39 is 35.0 Å². The number of alkyl halides is 1. The van der Waals surface area contributed by atoms with E-state index in [9.17, 15) is 22.8 Å². The first kappa shape index (κ1) is 17.1. The maximum atomic E-state index is 13.3. The molecule has 0 spiro atoms. The van der Waals surface area contributed by atoms with Gasteiger partial charge in [-0.05, 0) is 12.1 Å². The third kappa shape index (κ3) is 5.14. The number of amides is 2. The first-order chi connectivity index (χ1) is 9.97. The molecule has 0 bridgehead atoms. The van der Waals surface area contributed by atoms with Gasteiger partial charge in [-0.25, -0.2) is 18.0 Å². The van der Waals surface area contributed by atoms with E-state index in [4.69, 9.17) is 11.6 Å². The van der Waals surface area contributed by atoms with Crippen molar-refractivity contribution in [1.29, 1.82) is 0 Å². The maximum Gasteiger partial charge on any atom is 0.407 e. The Bertz CT molecular complexity index is 529. The van der Waals surface area contributed by atoms with Crippen LogP contribution in [-0.2, 0) is 4.74 Å². The number of halogens is 4. The van der Waals surface area contributed by atoms with E-state index in [0.717, 1.165) is 6.07 Å². The van der Waals surface area contributed by atoms with Crippen LogP contribution in [-0.4, -0.2) is 37.6 Å². The van der Waals surface area contributed by atoms with Crippen molar-refractivity contribution in [3.63, 3.8) is 0 Å². The van der Waals surface area contributed by atoms with Crippen molar-refractivity contribution in [2.24, 2.45) is 0 Å². The van der Waals surface area contributed by atoms with Crippen molar-refractivity contribution in [2.75, 3.05) is 25.6 Å². The molecule has 0 aliphatic carbocycles. The molecule has 0 aliphatic heterocycles. The van der Waals surface area contributed by atoms with Crippen LogP contribution in [0.5, 0.6) is 0 Å². The number of ether oxygens (including phenoxy) is 1. The molecule has 21 heavy (non-hydrogen) atoms. The number of carbonyl (C=O) groups excluding carboxylic acids is 2. The third-order valence-corrected chi connectivity index (χ3v) is 2.42. The molecule has 0 saturated heterocycles. The fourth-order valence-electron chi connectivity index (χ4n) is 1.32. The van der Waals surface area contributed by atoms with Gasteiger partial charge in [-0.3, -0.25) is 4.79 Å². The van der Waals surface area contributed by atoms with Crippen molar-refractivity contribution in [3.05, 3.63) is 35.1 Å². The molecule has 1 aromatic carbocycles. The lowest BCUT2D eigenvalue weighted by atomic mass is 10.2. The molecule has 2 N–H and O–H groups in total. The molecule has 0 unspecified atom stereocenters. The fourth-order valence-corrected chi connectivity index (χ4v) is 1.40. The van der Waals surface area contributed by atoms with Gasteiger partial charge >= 0.3 is 6.09 Å². The zero-order valence-electron chi connectivity index (χ0n) is 10.7. The average Bonchev–Trinajstić information content (AvgIpc) is 2.47. The quantitative estimate of drug-likeness (QED) is 0.476. The highest BCUT2D eigenvalue weighted by Gasteiger charge is 2.18. The fraction of sp³-hybridized carbons (Fsp3) is 0.333. The summed E-state index contributed by atoms with van der Waals surface area (Å²) in [6, 6.07) is 1.47. The highest BCUT2D eigenvalue weighted by molar-refractivity contribution is 6.18. The zero-order valence-corrected chi connectivity index (χ0v) is 11.5. The first-order valence-electron chi connectivity index (χ1n) is 5.85. The average molecular weight is 325 g/mol. The topological polar surface area (TPSA) is 67.4 Å². The number of hydrogen-bond acceptors (Lipinski definition) is 3. The number of nitrogens with one attached hydrogen (secondary N) is 2. The monoisotopic (exact) mass is 324 g/mol. The summed E-state index contributed by atoms with van der Waals surface area (Å²) in [5, 5.41) is 4.53. The van der Waals surface area contributed by atoms with Crippen LogP contribution in [0.4, 0.5) is 18.0 Å². The minimum atomic E-state index is -1.72. The molecule has 0 aliphatic rings. The molecule has 0 fully saturated rings. The molecular weight excluding hydrogens is 313 g/mol. The van der Waals surface area contributed by atoms with E-state index in [1.807, 2.05) is 0 Å². The van der Waals surface area contributed by atoms with E-state index in [2.05, 4.69) is 15.4 Å². The van der Waals surface area contributed by atoms with Crippen LogP contribution in [0.15, 0.2) is 12.1 Å². The predicted molar refractivity (Wildman–Crippen MR) is 68.7 cm³/mol. The molecule has 0 heterocycles. The van der Waals surface area contributed by atoms with Crippen LogP contribution in [0.3, 0.4) is 0 Å². The summed E-state index contributed by atoms with van der Waals surface area (Å²) < 4.78 is 43.5. The predicted octanol–water partition coefficient (Wildman–Crippen LogP) is 1.80.